The summed E-state index contributed by atoms with van der Waals surface area (Å²) in [6.07, 6.45) is 5.55. The Balaban J connectivity index is 1.60. The highest BCUT2D eigenvalue weighted by atomic mass is 15.3. The summed E-state index contributed by atoms with van der Waals surface area (Å²) < 4.78 is 1.68. The van der Waals surface area contributed by atoms with E-state index in [2.05, 4.69) is 51.3 Å². The summed E-state index contributed by atoms with van der Waals surface area (Å²) in [5, 5.41) is 7.93. The van der Waals surface area contributed by atoms with E-state index < -0.39 is 0 Å². The Labute approximate surface area is 141 Å². The van der Waals surface area contributed by atoms with Crippen molar-refractivity contribution in [1.82, 2.24) is 24.5 Å². The molecule has 124 valence electrons. The van der Waals surface area contributed by atoms with Crippen LogP contribution in [0.15, 0.2) is 36.7 Å². The van der Waals surface area contributed by atoms with Gasteiger partial charge in [-0.3, -0.25) is 9.30 Å². The molecular formula is C18H22N6. The van der Waals surface area contributed by atoms with Gasteiger partial charge in [0.1, 0.15) is 6.33 Å². The number of aromatic nitrogens is 4. The Morgan fingerprint density at radius 1 is 1.08 bits per heavy atom. The summed E-state index contributed by atoms with van der Waals surface area (Å²) in [5.74, 6) is 0.401. The first-order valence-corrected chi connectivity index (χ1v) is 8.53. The third-order valence-electron chi connectivity index (χ3n) is 4.95. The second kappa shape index (κ2) is 6.20. The lowest BCUT2D eigenvalue weighted by Crippen LogP contribution is -2.32. The number of nitrogen functional groups attached to an aromatic ring is 1. The molecule has 2 aromatic heterocycles. The largest absolute Gasteiger partial charge is 0.369 e. The summed E-state index contributed by atoms with van der Waals surface area (Å²) >= 11 is 0. The number of anilines is 1. The van der Waals surface area contributed by atoms with Crippen molar-refractivity contribution in [2.45, 2.75) is 32.2 Å². The maximum Gasteiger partial charge on any atom is 0.207 e. The van der Waals surface area contributed by atoms with Crippen molar-refractivity contribution in [3.05, 3.63) is 42.2 Å². The molecule has 6 nitrogen and oxygen atoms in total. The number of likely N-dealkylation sites (tertiary alicyclic amines) is 1. The van der Waals surface area contributed by atoms with E-state index in [0.29, 0.717) is 17.6 Å². The van der Waals surface area contributed by atoms with Gasteiger partial charge in [-0.25, -0.2) is 4.98 Å². The van der Waals surface area contributed by atoms with Crippen molar-refractivity contribution in [2.75, 3.05) is 18.8 Å². The summed E-state index contributed by atoms with van der Waals surface area (Å²) in [7, 11) is 0. The summed E-state index contributed by atoms with van der Waals surface area (Å²) in [6, 6.07) is 11.0. The highest BCUT2D eigenvalue weighted by molar-refractivity contribution is 5.65. The van der Waals surface area contributed by atoms with Crippen LogP contribution in [0, 0.1) is 0 Å². The van der Waals surface area contributed by atoms with E-state index in [1.165, 1.54) is 37.9 Å². The van der Waals surface area contributed by atoms with Gasteiger partial charge in [-0.15, -0.1) is 10.2 Å². The second-order valence-corrected chi connectivity index (χ2v) is 6.45. The molecule has 2 N–H and O–H groups in total. The number of hydrogen-bond donors (Lipinski definition) is 1. The number of nitrogens with zero attached hydrogens (tertiary/aromatic N) is 5. The molecule has 0 spiro atoms. The minimum Gasteiger partial charge on any atom is -0.369 e. The van der Waals surface area contributed by atoms with E-state index in [1.807, 2.05) is 6.07 Å². The fourth-order valence-corrected chi connectivity index (χ4v) is 3.45. The minimum atomic E-state index is 0.401. The smallest absolute Gasteiger partial charge is 0.207 e. The molecular weight excluding hydrogens is 300 g/mol. The molecule has 3 heterocycles. The molecule has 1 atom stereocenters. The molecule has 4 rings (SSSR count). The Morgan fingerprint density at radius 2 is 1.83 bits per heavy atom. The Morgan fingerprint density at radius 3 is 2.58 bits per heavy atom. The summed E-state index contributed by atoms with van der Waals surface area (Å²) in [6.45, 7) is 4.69. The van der Waals surface area contributed by atoms with Gasteiger partial charge >= 0.3 is 0 Å². The third-order valence-corrected chi connectivity index (χ3v) is 4.95. The van der Waals surface area contributed by atoms with Crippen molar-refractivity contribution >= 4 is 11.6 Å². The monoisotopic (exact) mass is 322 g/mol. The van der Waals surface area contributed by atoms with Crippen LogP contribution in [0.3, 0.4) is 0 Å². The van der Waals surface area contributed by atoms with Crippen molar-refractivity contribution in [3.8, 4) is 11.3 Å². The van der Waals surface area contributed by atoms with Gasteiger partial charge in [-0.1, -0.05) is 30.7 Å². The Bertz CT molecular complexity index is 832. The molecule has 6 heteroatoms. The highest BCUT2D eigenvalue weighted by Gasteiger charge is 2.18. The molecule has 1 aromatic carbocycles. The zero-order valence-corrected chi connectivity index (χ0v) is 13.9. The predicted octanol–water partition coefficient (Wildman–Crippen LogP) is 2.92. The maximum atomic E-state index is 5.98. The van der Waals surface area contributed by atoms with Gasteiger partial charge in [-0.2, -0.15) is 0 Å². The average Bonchev–Trinajstić information content (AvgIpc) is 3.11. The van der Waals surface area contributed by atoms with Crippen LogP contribution in [0.5, 0.6) is 0 Å². The molecule has 0 bridgehead atoms. The van der Waals surface area contributed by atoms with Crippen LogP contribution in [0.2, 0.25) is 0 Å². The molecule has 0 unspecified atom stereocenters. The standard InChI is InChI=1S/C18H22N6/c1-13(23-9-3-2-4-10-23)14-5-7-15(8-6-14)16-11-17-22-20-12-24(17)18(19)21-16/h5-8,11-13H,2-4,9-10H2,1H3,(H2,19,21)/t13-/m0/s1. The number of piperidine rings is 1. The van der Waals surface area contributed by atoms with Crippen LogP contribution in [0.25, 0.3) is 16.9 Å². The van der Waals surface area contributed by atoms with Crippen LogP contribution in [-0.4, -0.2) is 37.6 Å². The summed E-state index contributed by atoms with van der Waals surface area (Å²) in [5.41, 5.74) is 9.90. The Hall–Kier alpha value is -2.47. The first kappa shape index (κ1) is 15.1. The molecule has 3 aromatic rings. The van der Waals surface area contributed by atoms with Gasteiger partial charge in [0.05, 0.1) is 5.69 Å². The molecule has 1 saturated heterocycles. The van der Waals surface area contributed by atoms with Gasteiger partial charge in [0.2, 0.25) is 5.95 Å². The van der Waals surface area contributed by atoms with E-state index in [0.717, 1.165) is 11.3 Å². The lowest BCUT2D eigenvalue weighted by molar-refractivity contribution is 0.175. The molecule has 0 saturated carbocycles. The van der Waals surface area contributed by atoms with E-state index in [-0.39, 0.29) is 0 Å². The van der Waals surface area contributed by atoms with Crippen LogP contribution in [0.1, 0.15) is 37.8 Å². The fraction of sp³-hybridized carbons (Fsp3) is 0.389. The first-order valence-electron chi connectivity index (χ1n) is 8.53. The van der Waals surface area contributed by atoms with Crippen molar-refractivity contribution < 1.29 is 0 Å². The van der Waals surface area contributed by atoms with E-state index in [1.54, 1.807) is 10.7 Å². The molecule has 0 amide bonds. The fourth-order valence-electron chi connectivity index (χ4n) is 3.45. The van der Waals surface area contributed by atoms with Crippen LogP contribution in [0.4, 0.5) is 5.95 Å². The second-order valence-electron chi connectivity index (χ2n) is 6.45. The van der Waals surface area contributed by atoms with Gasteiger partial charge < -0.3 is 5.73 Å². The number of fused-ring (bicyclic) bond motifs is 1. The van der Waals surface area contributed by atoms with E-state index in [4.69, 9.17) is 5.73 Å². The molecule has 24 heavy (non-hydrogen) atoms. The zero-order chi connectivity index (χ0) is 16.5. The molecule has 0 aliphatic carbocycles. The van der Waals surface area contributed by atoms with Crippen molar-refractivity contribution in [2.24, 2.45) is 0 Å². The van der Waals surface area contributed by atoms with Crippen LogP contribution >= 0.6 is 0 Å². The van der Waals surface area contributed by atoms with Gasteiger partial charge in [0, 0.05) is 17.7 Å². The SMILES string of the molecule is C[C@@H](c1ccc(-c2cc3nncn3c(N)n2)cc1)N1CCCCC1. The van der Waals surface area contributed by atoms with Gasteiger partial charge in [0.15, 0.2) is 5.65 Å². The van der Waals surface area contributed by atoms with Crippen molar-refractivity contribution in [1.29, 1.82) is 0 Å². The predicted molar refractivity (Wildman–Crippen MR) is 94.5 cm³/mol. The Kier molecular flexibility index (Phi) is 3.90. The topological polar surface area (TPSA) is 72.3 Å². The highest BCUT2D eigenvalue weighted by Crippen LogP contribution is 2.27. The van der Waals surface area contributed by atoms with Crippen molar-refractivity contribution in [3.63, 3.8) is 0 Å². The number of rotatable bonds is 3. The molecule has 1 aliphatic heterocycles. The van der Waals surface area contributed by atoms with Crippen LogP contribution in [-0.2, 0) is 0 Å². The number of nitrogens with two attached hydrogens (primary N) is 1. The van der Waals surface area contributed by atoms with Crippen LogP contribution < -0.4 is 5.73 Å². The van der Waals surface area contributed by atoms with E-state index >= 15 is 0 Å². The minimum absolute atomic E-state index is 0.401. The van der Waals surface area contributed by atoms with Gasteiger partial charge in [0.25, 0.3) is 0 Å². The summed E-state index contributed by atoms with van der Waals surface area (Å²) in [4.78, 5) is 7.02. The van der Waals surface area contributed by atoms with E-state index in [9.17, 15) is 0 Å². The first-order chi connectivity index (χ1) is 11.7. The average molecular weight is 322 g/mol. The molecule has 0 radical (unpaired) electrons. The molecule has 1 aliphatic rings. The quantitative estimate of drug-likeness (QED) is 0.802. The third kappa shape index (κ3) is 2.73. The lowest BCUT2D eigenvalue weighted by atomic mass is 10.0. The normalized spacial score (nSPS) is 17.2. The maximum absolute atomic E-state index is 5.98. The molecule has 1 fully saturated rings. The van der Waals surface area contributed by atoms with Gasteiger partial charge in [-0.05, 0) is 38.4 Å². The lowest BCUT2D eigenvalue weighted by Gasteiger charge is -2.32. The number of benzene rings is 1. The number of hydrogen-bond acceptors (Lipinski definition) is 5. The zero-order valence-electron chi connectivity index (χ0n) is 13.9.